The van der Waals surface area contributed by atoms with Crippen LogP contribution in [0.3, 0.4) is 0 Å². The van der Waals surface area contributed by atoms with Gasteiger partial charge in [-0.15, -0.1) is 0 Å². The minimum absolute atomic E-state index is 0.149. The van der Waals surface area contributed by atoms with Crippen LogP contribution < -0.4 is 0 Å². The summed E-state index contributed by atoms with van der Waals surface area (Å²) in [5.74, 6) is 0. The molecule has 15 heavy (non-hydrogen) atoms. The summed E-state index contributed by atoms with van der Waals surface area (Å²) in [4.78, 5) is 10.3. The molecule has 0 heterocycles. The van der Waals surface area contributed by atoms with E-state index in [1.54, 1.807) is 0 Å². The van der Waals surface area contributed by atoms with Crippen LogP contribution in [-0.2, 0) is 10.2 Å². The van der Waals surface area contributed by atoms with Crippen LogP contribution in [0.25, 0.3) is 6.08 Å². The van der Waals surface area contributed by atoms with E-state index in [1.165, 1.54) is 17.2 Å². The first-order valence-electron chi connectivity index (χ1n) is 5.17. The summed E-state index contributed by atoms with van der Waals surface area (Å²) in [6.07, 6.45) is 4.18. The summed E-state index contributed by atoms with van der Waals surface area (Å²) < 4.78 is 0. The molecule has 0 radical (unpaired) electrons. The van der Waals surface area contributed by atoms with E-state index < -0.39 is 0 Å². The van der Waals surface area contributed by atoms with Gasteiger partial charge in [-0.25, -0.2) is 0 Å². The topological polar surface area (TPSA) is 17.1 Å². The zero-order valence-corrected chi connectivity index (χ0v) is 9.87. The predicted octanol–water partition coefficient (Wildman–Crippen LogP) is 3.50. The van der Waals surface area contributed by atoms with Crippen LogP contribution >= 0.6 is 0 Å². The Hall–Kier alpha value is -1.37. The van der Waals surface area contributed by atoms with E-state index in [2.05, 4.69) is 45.9 Å². The molecule has 80 valence electrons. The van der Waals surface area contributed by atoms with E-state index in [0.717, 1.165) is 11.8 Å². The van der Waals surface area contributed by atoms with E-state index in [9.17, 15) is 4.79 Å². The standard InChI is InChI=1S/C14H18O/c1-11-8-12(6-5-7-15)10-13(9-11)14(2,3)4/h5-10H,1-4H3. The normalized spacial score (nSPS) is 12.0. The molecule has 0 amide bonds. The fourth-order valence-electron chi connectivity index (χ4n) is 1.49. The van der Waals surface area contributed by atoms with Crippen LogP contribution in [0.5, 0.6) is 0 Å². The van der Waals surface area contributed by atoms with Crippen LogP contribution in [0.1, 0.15) is 37.5 Å². The first-order valence-corrected chi connectivity index (χ1v) is 5.17. The summed E-state index contributed by atoms with van der Waals surface area (Å²) in [5.41, 5.74) is 3.77. The first kappa shape index (κ1) is 11.7. The zero-order valence-electron chi connectivity index (χ0n) is 9.87. The molecule has 1 heteroatoms. The van der Waals surface area contributed by atoms with Gasteiger partial charge in [-0.3, -0.25) is 4.79 Å². The molecule has 0 saturated heterocycles. The van der Waals surface area contributed by atoms with Crippen LogP contribution in [0.15, 0.2) is 24.3 Å². The van der Waals surface area contributed by atoms with Gasteiger partial charge < -0.3 is 0 Å². The quantitative estimate of drug-likeness (QED) is 0.530. The molecule has 0 bridgehead atoms. The minimum atomic E-state index is 0.149. The largest absolute Gasteiger partial charge is 0.299 e. The number of aldehydes is 1. The van der Waals surface area contributed by atoms with E-state index in [0.29, 0.717) is 0 Å². The Balaban J connectivity index is 3.16. The molecule has 1 rings (SSSR count). The predicted molar refractivity (Wildman–Crippen MR) is 65.0 cm³/mol. The summed E-state index contributed by atoms with van der Waals surface area (Å²) in [5, 5.41) is 0. The van der Waals surface area contributed by atoms with Gasteiger partial charge in [-0.05, 0) is 29.5 Å². The van der Waals surface area contributed by atoms with Gasteiger partial charge in [0.2, 0.25) is 0 Å². The molecule has 0 spiro atoms. The SMILES string of the molecule is Cc1cc(C=CC=O)cc(C(C)(C)C)c1. The Bertz CT molecular complexity index is 381. The summed E-state index contributed by atoms with van der Waals surface area (Å²) >= 11 is 0. The number of aryl methyl sites for hydroxylation is 1. The van der Waals surface area contributed by atoms with Crippen LogP contribution in [-0.4, -0.2) is 6.29 Å². The zero-order chi connectivity index (χ0) is 11.5. The van der Waals surface area contributed by atoms with Crippen LogP contribution in [0.4, 0.5) is 0 Å². The maximum absolute atomic E-state index is 10.3. The second-order valence-electron chi connectivity index (χ2n) is 4.88. The monoisotopic (exact) mass is 202 g/mol. The van der Waals surface area contributed by atoms with Crippen molar-refractivity contribution in [3.63, 3.8) is 0 Å². The number of carbonyl (C=O) groups excluding carboxylic acids is 1. The van der Waals surface area contributed by atoms with Crippen LogP contribution in [0.2, 0.25) is 0 Å². The summed E-state index contributed by atoms with van der Waals surface area (Å²) in [6, 6.07) is 6.40. The molecular weight excluding hydrogens is 184 g/mol. The Labute approximate surface area is 91.8 Å². The Morgan fingerprint density at radius 2 is 1.80 bits per heavy atom. The molecule has 1 aromatic carbocycles. The average molecular weight is 202 g/mol. The highest BCUT2D eigenvalue weighted by atomic mass is 16.1. The van der Waals surface area contributed by atoms with E-state index in [1.807, 2.05) is 6.08 Å². The van der Waals surface area contributed by atoms with E-state index in [-0.39, 0.29) is 5.41 Å². The maximum atomic E-state index is 10.3. The van der Waals surface area contributed by atoms with Gasteiger partial charge in [-0.1, -0.05) is 50.6 Å². The third-order valence-corrected chi connectivity index (χ3v) is 2.33. The van der Waals surface area contributed by atoms with Gasteiger partial charge >= 0.3 is 0 Å². The molecule has 0 N–H and O–H groups in total. The second kappa shape index (κ2) is 4.43. The Morgan fingerprint density at radius 3 is 2.33 bits per heavy atom. The van der Waals surface area contributed by atoms with Crippen LogP contribution in [0, 0.1) is 6.92 Å². The number of rotatable bonds is 2. The van der Waals surface area contributed by atoms with Gasteiger partial charge in [0, 0.05) is 0 Å². The van der Waals surface area contributed by atoms with Gasteiger partial charge in [0.1, 0.15) is 6.29 Å². The third-order valence-electron chi connectivity index (χ3n) is 2.33. The number of benzene rings is 1. The second-order valence-corrected chi connectivity index (χ2v) is 4.88. The highest BCUT2D eigenvalue weighted by Crippen LogP contribution is 2.24. The summed E-state index contributed by atoms with van der Waals surface area (Å²) in [7, 11) is 0. The first-order chi connectivity index (χ1) is 6.93. The van der Waals surface area contributed by atoms with Gasteiger partial charge in [0.15, 0.2) is 0 Å². The van der Waals surface area contributed by atoms with Crippen molar-refractivity contribution in [2.75, 3.05) is 0 Å². The van der Waals surface area contributed by atoms with Gasteiger partial charge in [0.05, 0.1) is 0 Å². The van der Waals surface area contributed by atoms with Crippen molar-refractivity contribution in [3.8, 4) is 0 Å². The van der Waals surface area contributed by atoms with E-state index in [4.69, 9.17) is 0 Å². The molecule has 0 fully saturated rings. The number of carbonyl (C=O) groups is 1. The maximum Gasteiger partial charge on any atom is 0.142 e. The van der Waals surface area contributed by atoms with Crippen molar-refractivity contribution in [2.45, 2.75) is 33.1 Å². The number of hydrogen-bond acceptors (Lipinski definition) is 1. The molecule has 0 atom stereocenters. The molecule has 0 aliphatic heterocycles. The van der Waals surface area contributed by atoms with Crippen molar-refractivity contribution in [1.29, 1.82) is 0 Å². The minimum Gasteiger partial charge on any atom is -0.299 e. The fraction of sp³-hybridized carbons (Fsp3) is 0.357. The van der Waals surface area contributed by atoms with Gasteiger partial charge in [-0.2, -0.15) is 0 Å². The van der Waals surface area contributed by atoms with Crippen molar-refractivity contribution < 1.29 is 4.79 Å². The lowest BCUT2D eigenvalue weighted by Gasteiger charge is -2.20. The fourth-order valence-corrected chi connectivity index (χ4v) is 1.49. The number of allylic oxidation sites excluding steroid dienone is 1. The third kappa shape index (κ3) is 3.35. The molecule has 1 aromatic rings. The Morgan fingerprint density at radius 1 is 1.13 bits per heavy atom. The average Bonchev–Trinajstić information content (AvgIpc) is 2.12. The lowest BCUT2D eigenvalue weighted by atomic mass is 9.85. The van der Waals surface area contributed by atoms with Gasteiger partial charge in [0.25, 0.3) is 0 Å². The molecule has 0 aliphatic rings. The number of hydrogen-bond donors (Lipinski definition) is 0. The van der Waals surface area contributed by atoms with E-state index >= 15 is 0 Å². The molecule has 0 unspecified atom stereocenters. The molecule has 0 aromatic heterocycles. The lowest BCUT2D eigenvalue weighted by molar-refractivity contribution is -0.104. The van der Waals surface area contributed by atoms with Crippen molar-refractivity contribution in [2.24, 2.45) is 0 Å². The molecule has 0 aliphatic carbocycles. The Kier molecular flexibility index (Phi) is 3.46. The highest BCUT2D eigenvalue weighted by Gasteiger charge is 2.13. The summed E-state index contributed by atoms with van der Waals surface area (Å²) in [6.45, 7) is 8.65. The molecule has 0 saturated carbocycles. The lowest BCUT2D eigenvalue weighted by Crippen LogP contribution is -2.11. The molecular formula is C14H18O. The van der Waals surface area contributed by atoms with Crippen molar-refractivity contribution >= 4 is 12.4 Å². The highest BCUT2D eigenvalue weighted by molar-refractivity contribution is 5.74. The molecule has 1 nitrogen and oxygen atoms in total. The van der Waals surface area contributed by atoms with Crippen molar-refractivity contribution in [3.05, 3.63) is 41.0 Å². The van der Waals surface area contributed by atoms with Crippen molar-refractivity contribution in [1.82, 2.24) is 0 Å². The smallest absolute Gasteiger partial charge is 0.142 e.